The van der Waals surface area contributed by atoms with Gasteiger partial charge in [-0.05, 0) is 13.8 Å². The van der Waals surface area contributed by atoms with E-state index < -0.39 is 0 Å². The molecule has 10 heavy (non-hydrogen) atoms. The predicted molar refractivity (Wildman–Crippen MR) is 40.1 cm³/mol. The van der Waals surface area contributed by atoms with Gasteiger partial charge in [0.15, 0.2) is 6.04 Å². The highest BCUT2D eigenvalue weighted by atomic mass is 16.5. The zero-order chi connectivity index (χ0) is 8.15. The van der Waals surface area contributed by atoms with Gasteiger partial charge in [0.25, 0.3) is 0 Å². The Hall–Kier alpha value is -0.860. The number of rotatable bonds is 3. The molecular weight excluding hydrogens is 130 g/mol. The number of nitrogens with zero attached hydrogens (tertiary/aromatic N) is 1. The van der Waals surface area contributed by atoms with Crippen molar-refractivity contribution in [3.63, 3.8) is 0 Å². The van der Waals surface area contributed by atoms with Crippen molar-refractivity contribution in [2.24, 2.45) is 0 Å². The molecule has 0 aromatic rings. The second-order valence-electron chi connectivity index (χ2n) is 2.40. The molecule has 0 saturated carbocycles. The molecule has 0 aromatic heterocycles. The minimum absolute atomic E-state index is 0.122. The highest BCUT2D eigenvalue weighted by Crippen LogP contribution is 1.84. The number of ketones is 1. The van der Waals surface area contributed by atoms with E-state index in [1.54, 1.807) is 20.8 Å². The van der Waals surface area contributed by atoms with E-state index in [0.29, 0.717) is 11.2 Å². The number of Topliss-reactive ketones (excluding diaryl/α,β-unsaturated/α-hetero) is 1. The molecule has 0 bridgehead atoms. The quantitative estimate of drug-likeness (QED) is 0.255. The van der Waals surface area contributed by atoms with Gasteiger partial charge in [-0.3, -0.25) is 4.79 Å². The Bertz CT molecular complexity index is 150. The Morgan fingerprint density at radius 3 is 2.50 bits per heavy atom. The third-order valence-electron chi connectivity index (χ3n) is 1.13. The van der Waals surface area contributed by atoms with Crippen molar-refractivity contribution in [2.75, 3.05) is 0 Å². The lowest BCUT2D eigenvalue weighted by Gasteiger charge is -2.05. The van der Waals surface area contributed by atoms with Crippen LogP contribution in [0.2, 0.25) is 0 Å². The van der Waals surface area contributed by atoms with Gasteiger partial charge in [-0.15, -0.1) is 0 Å². The van der Waals surface area contributed by atoms with Crippen molar-refractivity contribution in [1.29, 1.82) is 0 Å². The number of hydrogen-bond acceptors (Lipinski definition) is 2. The maximum Gasteiger partial charge on any atom is 0.219 e. The van der Waals surface area contributed by atoms with E-state index >= 15 is 0 Å². The van der Waals surface area contributed by atoms with Crippen LogP contribution in [0.25, 0.3) is 0 Å². The largest absolute Gasteiger partial charge is 0.624 e. The van der Waals surface area contributed by atoms with E-state index in [1.165, 1.54) is 0 Å². The highest BCUT2D eigenvalue weighted by molar-refractivity contribution is 6.25. The van der Waals surface area contributed by atoms with Gasteiger partial charge in [0.05, 0.1) is 0 Å². The maximum atomic E-state index is 10.8. The van der Waals surface area contributed by atoms with Crippen molar-refractivity contribution < 1.29 is 9.53 Å². The molecule has 0 aliphatic carbocycles. The van der Waals surface area contributed by atoms with Gasteiger partial charge in [0.2, 0.25) is 12.0 Å². The van der Waals surface area contributed by atoms with Gasteiger partial charge in [-0.2, -0.15) is 0 Å². The van der Waals surface area contributed by atoms with Gasteiger partial charge in [0.1, 0.15) is 0 Å². The third-order valence-corrected chi connectivity index (χ3v) is 1.13. The van der Waals surface area contributed by atoms with E-state index in [4.69, 9.17) is 0 Å². The number of hydrogen-bond donors (Lipinski definition) is 0. The van der Waals surface area contributed by atoms with Crippen LogP contribution in [0, 0.1) is 5.21 Å². The fourth-order valence-corrected chi connectivity index (χ4v) is 0.382. The Morgan fingerprint density at radius 1 is 1.70 bits per heavy atom. The Kier molecular flexibility index (Phi) is 3.69. The Balaban J connectivity index is 4.03. The summed E-state index contributed by atoms with van der Waals surface area (Å²) in [7, 11) is 0. The molecule has 0 rings (SSSR count). The number of carbonyl (C=O) groups excluding carboxylic acids is 1. The summed E-state index contributed by atoms with van der Waals surface area (Å²) in [5.41, 5.74) is 0. The van der Waals surface area contributed by atoms with Crippen LogP contribution in [-0.2, 0) is 4.79 Å². The average molecular weight is 143 g/mol. The van der Waals surface area contributed by atoms with Crippen LogP contribution >= 0.6 is 0 Å². The normalized spacial score (nSPS) is 12.2. The van der Waals surface area contributed by atoms with E-state index in [1.807, 2.05) is 0 Å². The molecule has 0 spiro atoms. The molecule has 58 valence electrons. The predicted octanol–water partition coefficient (Wildman–Crippen LogP) is 0.955. The summed E-state index contributed by atoms with van der Waals surface area (Å²) < 4.78 is 0.672. The first-order chi connectivity index (χ1) is 4.57. The van der Waals surface area contributed by atoms with Gasteiger partial charge in [0, 0.05) is 6.42 Å². The van der Waals surface area contributed by atoms with E-state index in [2.05, 4.69) is 0 Å². The molecule has 3 heteroatoms. The van der Waals surface area contributed by atoms with Crippen LogP contribution in [0.4, 0.5) is 0 Å². The molecule has 0 unspecified atom stereocenters. The Morgan fingerprint density at radius 2 is 2.20 bits per heavy atom. The van der Waals surface area contributed by atoms with Gasteiger partial charge in [-0.1, -0.05) is 6.92 Å². The SMILES string of the molecule is CCC(=O)C=[N+]([O-])C(C)C. The molecule has 0 radical (unpaired) electrons. The second-order valence-corrected chi connectivity index (χ2v) is 2.40. The molecule has 0 aliphatic rings. The monoisotopic (exact) mass is 143 g/mol. The van der Waals surface area contributed by atoms with Crippen LogP contribution in [0.1, 0.15) is 27.2 Å². The first-order valence-corrected chi connectivity index (χ1v) is 3.41. The lowest BCUT2D eigenvalue weighted by atomic mass is 10.3. The summed E-state index contributed by atoms with van der Waals surface area (Å²) in [4.78, 5) is 10.6. The van der Waals surface area contributed by atoms with E-state index in [9.17, 15) is 10.0 Å². The summed E-state index contributed by atoms with van der Waals surface area (Å²) in [6.45, 7) is 5.21. The van der Waals surface area contributed by atoms with Crippen molar-refractivity contribution >= 4 is 12.0 Å². The molecule has 0 N–H and O–H groups in total. The molecule has 0 atom stereocenters. The third kappa shape index (κ3) is 3.22. The Labute approximate surface area is 60.9 Å². The maximum absolute atomic E-state index is 10.8. The van der Waals surface area contributed by atoms with Crippen LogP contribution in [-0.4, -0.2) is 22.8 Å². The van der Waals surface area contributed by atoms with E-state index in [-0.39, 0.29) is 11.8 Å². The lowest BCUT2D eigenvalue weighted by Crippen LogP contribution is -2.18. The van der Waals surface area contributed by atoms with Crippen molar-refractivity contribution in [3.05, 3.63) is 5.21 Å². The van der Waals surface area contributed by atoms with Gasteiger partial charge >= 0.3 is 0 Å². The first kappa shape index (κ1) is 9.14. The number of hydroxylamine groups is 1. The zero-order valence-electron chi connectivity index (χ0n) is 6.63. The molecule has 3 nitrogen and oxygen atoms in total. The van der Waals surface area contributed by atoms with Crippen molar-refractivity contribution in [2.45, 2.75) is 33.2 Å². The first-order valence-electron chi connectivity index (χ1n) is 3.41. The molecule has 0 saturated heterocycles. The summed E-state index contributed by atoms with van der Waals surface area (Å²) in [6.07, 6.45) is 1.50. The highest BCUT2D eigenvalue weighted by Gasteiger charge is 2.02. The molecule has 0 heterocycles. The van der Waals surface area contributed by atoms with Crippen LogP contribution in [0.15, 0.2) is 0 Å². The van der Waals surface area contributed by atoms with Crippen molar-refractivity contribution in [3.8, 4) is 0 Å². The zero-order valence-corrected chi connectivity index (χ0v) is 6.63. The van der Waals surface area contributed by atoms with Crippen LogP contribution in [0.5, 0.6) is 0 Å². The molecule has 0 aliphatic heterocycles. The fourth-order valence-electron chi connectivity index (χ4n) is 0.382. The lowest BCUT2D eigenvalue weighted by molar-refractivity contribution is -0.486. The second kappa shape index (κ2) is 4.04. The molecule has 0 aromatic carbocycles. The van der Waals surface area contributed by atoms with Crippen LogP contribution < -0.4 is 0 Å². The molecule has 0 amide bonds. The van der Waals surface area contributed by atoms with Crippen molar-refractivity contribution in [1.82, 2.24) is 0 Å². The summed E-state index contributed by atoms with van der Waals surface area (Å²) >= 11 is 0. The fraction of sp³-hybridized carbons (Fsp3) is 0.714. The topological polar surface area (TPSA) is 43.1 Å². The standard InChI is InChI=1S/C7H13NO2/c1-4-7(9)5-8(10)6(2)3/h5-6H,4H2,1-3H3. The summed E-state index contributed by atoms with van der Waals surface area (Å²) in [5, 5.41) is 10.8. The van der Waals surface area contributed by atoms with Gasteiger partial charge < -0.3 is 5.21 Å². The smallest absolute Gasteiger partial charge is 0.219 e. The average Bonchev–Trinajstić information content (AvgIpc) is 1.87. The molecule has 0 fully saturated rings. The number of carbonyl (C=O) groups is 1. The van der Waals surface area contributed by atoms with Crippen LogP contribution in [0.3, 0.4) is 0 Å². The summed E-state index contributed by atoms with van der Waals surface area (Å²) in [5.74, 6) is -0.122. The molecular formula is C7H13NO2. The minimum Gasteiger partial charge on any atom is -0.624 e. The minimum atomic E-state index is -0.143. The van der Waals surface area contributed by atoms with Gasteiger partial charge in [-0.25, -0.2) is 4.74 Å². The van der Waals surface area contributed by atoms with E-state index in [0.717, 1.165) is 6.21 Å². The summed E-state index contributed by atoms with van der Waals surface area (Å²) in [6, 6.07) is -0.143.